The van der Waals surface area contributed by atoms with Crippen molar-refractivity contribution < 1.29 is 0 Å². The number of hydrogen-bond acceptors (Lipinski definition) is 1. The molecule has 0 amide bonds. The SMILES string of the molecule is c1ccc(-c2cccc(-c3c4ccccc4c(-c4ccc(C5c6ccccc6-c6cc(-c7cccc8c7sc7ccccc78)ccc65)cc4)c4ccccc34)c2)cc1. The first-order valence-electron chi connectivity index (χ1n) is 20.1. The van der Waals surface area contributed by atoms with E-state index >= 15 is 0 Å². The number of rotatable bonds is 5. The Morgan fingerprint density at radius 2 is 0.828 bits per heavy atom. The zero-order valence-electron chi connectivity index (χ0n) is 31.7. The minimum atomic E-state index is 0.169. The van der Waals surface area contributed by atoms with Crippen LogP contribution in [0.3, 0.4) is 0 Å². The van der Waals surface area contributed by atoms with Crippen molar-refractivity contribution >= 4 is 53.1 Å². The Morgan fingerprint density at radius 3 is 1.59 bits per heavy atom. The van der Waals surface area contributed by atoms with Gasteiger partial charge in [0.25, 0.3) is 0 Å². The maximum Gasteiger partial charge on any atom is 0.0433 e. The summed E-state index contributed by atoms with van der Waals surface area (Å²) in [5.74, 6) is 0.169. The maximum atomic E-state index is 2.44. The summed E-state index contributed by atoms with van der Waals surface area (Å²) in [6.07, 6.45) is 0. The Balaban J connectivity index is 0.972. The summed E-state index contributed by atoms with van der Waals surface area (Å²) in [5.41, 5.74) is 16.8. The quantitative estimate of drug-likeness (QED) is 0.154. The lowest BCUT2D eigenvalue weighted by atomic mass is 9.84. The molecule has 58 heavy (non-hydrogen) atoms. The molecule has 0 fully saturated rings. The summed E-state index contributed by atoms with van der Waals surface area (Å²) in [7, 11) is 0. The van der Waals surface area contributed by atoms with Crippen LogP contribution < -0.4 is 0 Å². The largest absolute Gasteiger partial charge is 0.135 e. The van der Waals surface area contributed by atoms with Crippen molar-refractivity contribution in [2.45, 2.75) is 5.92 Å². The predicted octanol–water partition coefficient (Wildman–Crippen LogP) is 16.2. The van der Waals surface area contributed by atoms with Crippen molar-refractivity contribution in [2.75, 3.05) is 0 Å². The van der Waals surface area contributed by atoms with Gasteiger partial charge in [-0.3, -0.25) is 0 Å². The fourth-order valence-corrected chi connectivity index (χ4v) is 11.0. The van der Waals surface area contributed by atoms with Crippen LogP contribution in [0.4, 0.5) is 0 Å². The monoisotopic (exact) mass is 752 g/mol. The van der Waals surface area contributed by atoms with Gasteiger partial charge in [0.15, 0.2) is 0 Å². The highest BCUT2D eigenvalue weighted by molar-refractivity contribution is 7.26. The van der Waals surface area contributed by atoms with Crippen LogP contribution >= 0.6 is 11.3 Å². The molecule has 1 aliphatic rings. The average molecular weight is 753 g/mol. The van der Waals surface area contributed by atoms with Crippen LogP contribution in [0.15, 0.2) is 212 Å². The zero-order valence-corrected chi connectivity index (χ0v) is 32.5. The number of benzene rings is 10. The average Bonchev–Trinajstić information content (AvgIpc) is 3.84. The van der Waals surface area contributed by atoms with Crippen molar-refractivity contribution in [2.24, 2.45) is 0 Å². The molecule has 0 radical (unpaired) electrons. The van der Waals surface area contributed by atoms with E-state index in [1.54, 1.807) is 0 Å². The second kappa shape index (κ2) is 13.3. The van der Waals surface area contributed by atoms with Crippen LogP contribution in [-0.4, -0.2) is 0 Å². The van der Waals surface area contributed by atoms with E-state index in [9.17, 15) is 0 Å². The molecule has 1 heteroatoms. The fourth-order valence-electron chi connectivity index (χ4n) is 9.78. The zero-order chi connectivity index (χ0) is 38.2. The minimum Gasteiger partial charge on any atom is -0.135 e. The topological polar surface area (TPSA) is 0 Å². The van der Waals surface area contributed by atoms with E-state index in [4.69, 9.17) is 0 Å². The third-order valence-electron chi connectivity index (χ3n) is 12.4. The molecule has 10 aromatic carbocycles. The Labute approximate surface area is 342 Å². The Bertz CT molecular complexity index is 3330. The molecular formula is C57H36S. The highest BCUT2D eigenvalue weighted by atomic mass is 32.1. The first-order valence-corrected chi connectivity index (χ1v) is 20.9. The van der Waals surface area contributed by atoms with Crippen molar-refractivity contribution in [3.05, 3.63) is 229 Å². The van der Waals surface area contributed by atoms with Crippen molar-refractivity contribution in [1.29, 1.82) is 0 Å². The molecule has 0 spiro atoms. The number of hydrogen-bond donors (Lipinski definition) is 0. The van der Waals surface area contributed by atoms with Crippen LogP contribution in [-0.2, 0) is 0 Å². The summed E-state index contributed by atoms with van der Waals surface area (Å²) in [5, 5.41) is 7.76. The molecule has 270 valence electrons. The molecule has 0 bridgehead atoms. The number of thiophene rings is 1. The molecule has 0 saturated carbocycles. The highest BCUT2D eigenvalue weighted by Gasteiger charge is 2.30. The molecule has 1 unspecified atom stereocenters. The molecule has 1 aliphatic carbocycles. The van der Waals surface area contributed by atoms with Gasteiger partial charge in [-0.25, -0.2) is 0 Å². The molecule has 1 atom stereocenters. The van der Waals surface area contributed by atoms with E-state index in [0.29, 0.717) is 0 Å². The first kappa shape index (κ1) is 33.1. The molecule has 11 aromatic rings. The van der Waals surface area contributed by atoms with Gasteiger partial charge in [0.2, 0.25) is 0 Å². The van der Waals surface area contributed by atoms with E-state index in [0.717, 1.165) is 0 Å². The van der Waals surface area contributed by atoms with E-state index in [1.807, 2.05) is 11.3 Å². The van der Waals surface area contributed by atoms with Gasteiger partial charge in [-0.15, -0.1) is 11.3 Å². The third kappa shape index (κ3) is 5.14. The van der Waals surface area contributed by atoms with Crippen LogP contribution in [0.1, 0.15) is 22.6 Å². The normalized spacial score (nSPS) is 13.3. The predicted molar refractivity (Wildman–Crippen MR) is 249 cm³/mol. The Hall–Kier alpha value is -7.06. The minimum absolute atomic E-state index is 0.169. The van der Waals surface area contributed by atoms with Gasteiger partial charge in [-0.1, -0.05) is 194 Å². The van der Waals surface area contributed by atoms with Crippen molar-refractivity contribution in [3.63, 3.8) is 0 Å². The molecule has 0 nitrogen and oxygen atoms in total. The maximum absolute atomic E-state index is 2.44. The summed E-state index contributed by atoms with van der Waals surface area (Å²) >= 11 is 1.90. The lowest BCUT2D eigenvalue weighted by molar-refractivity contribution is 1.02. The van der Waals surface area contributed by atoms with Crippen LogP contribution in [0.25, 0.3) is 97.4 Å². The van der Waals surface area contributed by atoms with E-state index in [1.165, 1.54) is 114 Å². The van der Waals surface area contributed by atoms with Gasteiger partial charge in [0, 0.05) is 26.1 Å². The van der Waals surface area contributed by atoms with Crippen molar-refractivity contribution in [3.8, 4) is 55.6 Å². The second-order valence-electron chi connectivity index (χ2n) is 15.5. The smallest absolute Gasteiger partial charge is 0.0433 e. The second-order valence-corrected chi connectivity index (χ2v) is 16.6. The highest BCUT2D eigenvalue weighted by Crippen LogP contribution is 2.51. The van der Waals surface area contributed by atoms with Crippen LogP contribution in [0.5, 0.6) is 0 Å². The lowest BCUT2D eigenvalue weighted by Gasteiger charge is -2.19. The van der Waals surface area contributed by atoms with Crippen LogP contribution in [0.2, 0.25) is 0 Å². The summed E-state index contributed by atoms with van der Waals surface area (Å²) < 4.78 is 2.70. The van der Waals surface area contributed by atoms with Gasteiger partial charge in [0.05, 0.1) is 0 Å². The van der Waals surface area contributed by atoms with Crippen molar-refractivity contribution in [1.82, 2.24) is 0 Å². The van der Waals surface area contributed by atoms with Gasteiger partial charge in [-0.05, 0) is 112 Å². The third-order valence-corrected chi connectivity index (χ3v) is 13.6. The standard InChI is InChI=1S/C57H36S/c1-2-14-36(15-3-1)39-16-12-17-41(34-39)56-48-23-8-6-21-46(48)55(47-22-7-9-24-49(47)56)38-30-28-37(29-31-38)54-45-20-5-4-18-43(45)52-35-40(32-33-50(52)54)42-25-13-26-51-44-19-10-11-27-53(44)58-57(42)51/h1-35,54H. The Morgan fingerprint density at radius 1 is 0.293 bits per heavy atom. The molecule has 0 aliphatic heterocycles. The van der Waals surface area contributed by atoms with Crippen LogP contribution in [0, 0.1) is 0 Å². The summed E-state index contributed by atoms with van der Waals surface area (Å²) in [6.45, 7) is 0. The van der Waals surface area contributed by atoms with Gasteiger partial charge < -0.3 is 0 Å². The van der Waals surface area contributed by atoms with E-state index in [-0.39, 0.29) is 5.92 Å². The first-order chi connectivity index (χ1) is 28.8. The lowest BCUT2D eigenvalue weighted by Crippen LogP contribution is -1.99. The summed E-state index contributed by atoms with van der Waals surface area (Å²) in [4.78, 5) is 0. The van der Waals surface area contributed by atoms with E-state index in [2.05, 4.69) is 212 Å². The molecular weight excluding hydrogens is 717 g/mol. The van der Waals surface area contributed by atoms with Gasteiger partial charge in [0.1, 0.15) is 0 Å². The molecule has 12 rings (SSSR count). The fraction of sp³-hybridized carbons (Fsp3) is 0.0175. The molecule has 0 saturated heterocycles. The number of fused-ring (bicyclic) bond motifs is 8. The van der Waals surface area contributed by atoms with Gasteiger partial charge in [-0.2, -0.15) is 0 Å². The molecule has 1 heterocycles. The van der Waals surface area contributed by atoms with E-state index < -0.39 is 0 Å². The summed E-state index contributed by atoms with van der Waals surface area (Å²) in [6, 6.07) is 78.8. The molecule has 1 aromatic heterocycles. The Kier molecular flexibility index (Phi) is 7.58. The molecule has 0 N–H and O–H groups in total. The van der Waals surface area contributed by atoms with Gasteiger partial charge >= 0.3 is 0 Å².